The van der Waals surface area contributed by atoms with Gasteiger partial charge in [0.05, 0.1) is 6.10 Å². The summed E-state index contributed by atoms with van der Waals surface area (Å²) in [7, 11) is 0. The number of hydrogen-bond donors (Lipinski definition) is 1. The average molecular weight is 355 g/mol. The second kappa shape index (κ2) is 6.43. The van der Waals surface area contributed by atoms with Crippen LogP contribution in [-0.2, 0) is 24.0 Å². The summed E-state index contributed by atoms with van der Waals surface area (Å²) >= 11 is 0. The van der Waals surface area contributed by atoms with Gasteiger partial charge in [-0.15, -0.1) is 0 Å². The smallest absolute Gasteiger partial charge is 0.201 e. The van der Waals surface area contributed by atoms with E-state index in [1.54, 1.807) is 0 Å². The summed E-state index contributed by atoms with van der Waals surface area (Å²) < 4.78 is 18.9. The van der Waals surface area contributed by atoms with E-state index in [0.29, 0.717) is 24.3 Å². The van der Waals surface area contributed by atoms with Gasteiger partial charge < -0.3 is 19.9 Å². The van der Waals surface area contributed by atoms with Crippen LogP contribution in [0.1, 0.15) is 59.8 Å². The highest BCUT2D eigenvalue weighted by atomic mass is 17.3. The van der Waals surface area contributed by atoms with Gasteiger partial charge in [-0.05, 0) is 57.9 Å². The molecule has 1 spiro atoms. The Morgan fingerprint density at radius 3 is 2.72 bits per heavy atom. The highest BCUT2D eigenvalue weighted by Gasteiger charge is 2.69. The van der Waals surface area contributed by atoms with E-state index in [2.05, 4.69) is 20.8 Å². The molecule has 5 fully saturated rings. The summed E-state index contributed by atoms with van der Waals surface area (Å²) in [5, 5.41) is 0. The molecule has 5 aliphatic rings. The van der Waals surface area contributed by atoms with E-state index < -0.39 is 17.7 Å². The van der Waals surface area contributed by atoms with Crippen molar-refractivity contribution in [3.05, 3.63) is 0 Å². The Labute approximate surface area is 150 Å². The molecule has 1 unspecified atom stereocenters. The molecule has 0 aromatic carbocycles. The average Bonchev–Trinajstić information content (AvgIpc) is 2.79. The molecule has 4 heterocycles. The van der Waals surface area contributed by atoms with Crippen molar-refractivity contribution in [2.75, 3.05) is 6.54 Å². The zero-order valence-electron chi connectivity index (χ0n) is 15.9. The Bertz CT molecular complexity index is 504. The molecule has 5 rings (SSSR count). The molecule has 0 aromatic heterocycles. The Hall–Kier alpha value is -0.240. The van der Waals surface area contributed by atoms with Crippen LogP contribution in [0.4, 0.5) is 0 Å². The molecule has 1 saturated carbocycles. The molecule has 2 bridgehead atoms. The van der Waals surface area contributed by atoms with Crippen LogP contribution < -0.4 is 5.73 Å². The number of fused-ring (bicyclic) bond motifs is 2. The van der Waals surface area contributed by atoms with Crippen molar-refractivity contribution in [3.63, 3.8) is 0 Å². The van der Waals surface area contributed by atoms with Crippen LogP contribution in [0.2, 0.25) is 0 Å². The summed E-state index contributed by atoms with van der Waals surface area (Å²) in [5.41, 5.74) is 5.17. The van der Waals surface area contributed by atoms with Gasteiger partial charge in [0.15, 0.2) is 18.2 Å². The maximum atomic E-state index is 6.38. The lowest BCUT2D eigenvalue weighted by Gasteiger charge is -2.60. The summed E-state index contributed by atoms with van der Waals surface area (Å²) in [6, 6.07) is 0. The molecule has 144 valence electrons. The van der Waals surface area contributed by atoms with Gasteiger partial charge in [-0.2, -0.15) is 0 Å². The molecule has 6 heteroatoms. The zero-order valence-corrected chi connectivity index (χ0v) is 15.9. The fourth-order valence-corrected chi connectivity index (χ4v) is 5.56. The highest BCUT2D eigenvalue weighted by molar-refractivity contribution is 5.09. The number of ether oxygens (including phenoxy) is 3. The third-order valence-corrected chi connectivity index (χ3v) is 7.04. The number of rotatable bonds is 4. The topological polar surface area (TPSA) is 72.2 Å². The van der Waals surface area contributed by atoms with Gasteiger partial charge in [-0.3, -0.25) is 0 Å². The first-order valence-corrected chi connectivity index (χ1v) is 9.95. The largest absolute Gasteiger partial charge is 0.349 e. The third-order valence-electron chi connectivity index (χ3n) is 7.04. The molecule has 1 aliphatic carbocycles. The minimum atomic E-state index is -0.731. The maximum Gasteiger partial charge on any atom is 0.201 e. The van der Waals surface area contributed by atoms with E-state index in [-0.39, 0.29) is 18.3 Å². The quantitative estimate of drug-likeness (QED) is 0.782. The van der Waals surface area contributed by atoms with Gasteiger partial charge in [0, 0.05) is 18.3 Å². The van der Waals surface area contributed by atoms with Crippen molar-refractivity contribution in [1.29, 1.82) is 0 Å². The lowest BCUT2D eigenvalue weighted by atomic mass is 9.58. The normalized spacial score (nSPS) is 53.2. The van der Waals surface area contributed by atoms with Crippen LogP contribution in [0.15, 0.2) is 0 Å². The number of hydrogen-bond acceptors (Lipinski definition) is 6. The van der Waals surface area contributed by atoms with Crippen LogP contribution in [-0.4, -0.2) is 36.6 Å². The predicted molar refractivity (Wildman–Crippen MR) is 91.0 cm³/mol. The highest BCUT2D eigenvalue weighted by Crippen LogP contribution is 2.60. The van der Waals surface area contributed by atoms with Gasteiger partial charge in [0.2, 0.25) is 5.79 Å². The van der Waals surface area contributed by atoms with Gasteiger partial charge >= 0.3 is 0 Å². The SMILES string of the molecule is CC(CCN)O[C@@H]1O[C@@H]2O[C@@]3(C)CC[C@H]4[C@H](C)CC[C@@H]([C@H]1C)[C@@]24OO3. The van der Waals surface area contributed by atoms with Gasteiger partial charge in [0.1, 0.15) is 0 Å². The number of nitrogens with two attached hydrogens (primary N) is 1. The first kappa shape index (κ1) is 18.1. The van der Waals surface area contributed by atoms with Crippen LogP contribution >= 0.6 is 0 Å². The van der Waals surface area contributed by atoms with Gasteiger partial charge in [-0.1, -0.05) is 13.8 Å². The molecule has 0 aromatic rings. The van der Waals surface area contributed by atoms with E-state index in [1.807, 2.05) is 6.92 Å². The Morgan fingerprint density at radius 1 is 1.16 bits per heavy atom. The van der Waals surface area contributed by atoms with Gasteiger partial charge in [-0.25, -0.2) is 9.78 Å². The standard InChI is InChI=1S/C19H33NO5/c1-11-5-6-15-13(3)16(21-12(2)8-10-20)22-17-19(15)14(11)7-9-18(4,23-17)24-25-19/h11-17H,5-10,20H2,1-4H3/t11-,12?,13-,14+,15+,16-,17-,18-,19-/m1/s1. The first-order chi connectivity index (χ1) is 11.9. The van der Waals surface area contributed by atoms with Crippen molar-refractivity contribution in [1.82, 2.24) is 0 Å². The predicted octanol–water partition coefficient (Wildman–Crippen LogP) is 2.95. The summed E-state index contributed by atoms with van der Waals surface area (Å²) in [6.07, 6.45) is 4.36. The van der Waals surface area contributed by atoms with Crippen LogP contribution in [0.25, 0.3) is 0 Å². The molecule has 0 radical (unpaired) electrons. The minimum absolute atomic E-state index is 0.0699. The Balaban J connectivity index is 1.65. The second-order valence-corrected chi connectivity index (χ2v) is 8.80. The summed E-state index contributed by atoms with van der Waals surface area (Å²) in [6.45, 7) is 9.16. The van der Waals surface area contributed by atoms with E-state index in [1.165, 1.54) is 6.42 Å². The van der Waals surface area contributed by atoms with Crippen molar-refractivity contribution < 1.29 is 24.0 Å². The van der Waals surface area contributed by atoms with Crippen LogP contribution in [0.5, 0.6) is 0 Å². The molecular formula is C19H33NO5. The third kappa shape index (κ3) is 2.77. The molecule has 4 saturated heterocycles. The Kier molecular flexibility index (Phi) is 4.66. The van der Waals surface area contributed by atoms with E-state index in [9.17, 15) is 0 Å². The summed E-state index contributed by atoms with van der Waals surface area (Å²) in [5.74, 6) is 0.776. The van der Waals surface area contributed by atoms with Crippen LogP contribution in [0, 0.1) is 23.7 Å². The second-order valence-electron chi connectivity index (χ2n) is 8.80. The van der Waals surface area contributed by atoms with Crippen molar-refractivity contribution in [2.24, 2.45) is 29.4 Å². The van der Waals surface area contributed by atoms with Crippen molar-refractivity contribution in [3.8, 4) is 0 Å². The van der Waals surface area contributed by atoms with E-state index in [4.69, 9.17) is 29.7 Å². The van der Waals surface area contributed by atoms with E-state index >= 15 is 0 Å². The fourth-order valence-electron chi connectivity index (χ4n) is 5.56. The lowest BCUT2D eigenvalue weighted by molar-refractivity contribution is -0.578. The lowest BCUT2D eigenvalue weighted by Crippen LogP contribution is -2.70. The van der Waals surface area contributed by atoms with Gasteiger partial charge in [0.25, 0.3) is 0 Å². The first-order valence-electron chi connectivity index (χ1n) is 9.95. The summed E-state index contributed by atoms with van der Waals surface area (Å²) in [4.78, 5) is 12.0. The van der Waals surface area contributed by atoms with Crippen LogP contribution in [0.3, 0.4) is 0 Å². The van der Waals surface area contributed by atoms with E-state index in [0.717, 1.165) is 25.7 Å². The van der Waals surface area contributed by atoms with Crippen molar-refractivity contribution in [2.45, 2.75) is 89.9 Å². The molecule has 25 heavy (non-hydrogen) atoms. The van der Waals surface area contributed by atoms with Crippen molar-refractivity contribution >= 4 is 0 Å². The monoisotopic (exact) mass is 355 g/mol. The maximum absolute atomic E-state index is 6.38. The molecule has 0 amide bonds. The molecule has 6 nitrogen and oxygen atoms in total. The molecule has 2 N–H and O–H groups in total. The Morgan fingerprint density at radius 2 is 1.96 bits per heavy atom. The molecule has 9 atom stereocenters. The molecule has 4 aliphatic heterocycles. The minimum Gasteiger partial charge on any atom is -0.349 e. The molecular weight excluding hydrogens is 322 g/mol. The zero-order chi connectivity index (χ0) is 17.8. The fraction of sp³-hybridized carbons (Fsp3) is 1.00.